The lowest BCUT2D eigenvalue weighted by molar-refractivity contribution is 0.0953. The molecular weight excluding hydrogens is 298 g/mol. The highest BCUT2D eigenvalue weighted by atomic mass is 32.1. The topological polar surface area (TPSA) is 67.2 Å². The summed E-state index contributed by atoms with van der Waals surface area (Å²) in [7, 11) is 0. The summed E-state index contributed by atoms with van der Waals surface area (Å²) in [4.78, 5) is 16.3. The first-order valence-corrected chi connectivity index (χ1v) is 7.07. The van der Waals surface area contributed by atoms with Crippen molar-refractivity contribution < 1.29 is 9.21 Å². The number of para-hydroxylation sites is 1. The molecule has 2 heterocycles. The molecule has 22 heavy (non-hydrogen) atoms. The van der Waals surface area contributed by atoms with Gasteiger partial charge in [0.2, 0.25) is 0 Å². The van der Waals surface area contributed by atoms with Crippen molar-refractivity contribution in [1.82, 2.24) is 10.3 Å². The van der Waals surface area contributed by atoms with Crippen LogP contribution in [-0.2, 0) is 0 Å². The molecule has 0 radical (unpaired) electrons. The van der Waals surface area contributed by atoms with E-state index in [1.807, 2.05) is 37.3 Å². The van der Waals surface area contributed by atoms with E-state index in [2.05, 4.69) is 15.6 Å². The van der Waals surface area contributed by atoms with Crippen LogP contribution in [0.1, 0.15) is 16.1 Å². The Morgan fingerprint density at radius 1 is 1.23 bits per heavy atom. The number of rotatable bonds is 2. The molecule has 0 bridgehead atoms. The van der Waals surface area contributed by atoms with Gasteiger partial charge in [-0.1, -0.05) is 24.3 Å². The first-order valence-electron chi connectivity index (χ1n) is 6.66. The summed E-state index contributed by atoms with van der Waals surface area (Å²) >= 11 is 5.13. The third-order valence-electron chi connectivity index (χ3n) is 3.12. The number of amides is 1. The van der Waals surface area contributed by atoms with Gasteiger partial charge < -0.3 is 9.73 Å². The zero-order chi connectivity index (χ0) is 15.5. The maximum absolute atomic E-state index is 12.1. The molecule has 3 aromatic rings. The van der Waals surface area contributed by atoms with Crippen LogP contribution >= 0.6 is 12.2 Å². The molecule has 0 unspecified atom stereocenters. The van der Waals surface area contributed by atoms with Gasteiger partial charge in [0.25, 0.3) is 5.91 Å². The maximum atomic E-state index is 12.1. The minimum Gasteiger partial charge on any atom is -0.451 e. The molecule has 1 aromatic carbocycles. The maximum Gasteiger partial charge on any atom is 0.293 e. The number of hydrogen-bond donors (Lipinski definition) is 2. The van der Waals surface area contributed by atoms with Crippen LogP contribution < -0.4 is 10.6 Å². The molecule has 3 rings (SSSR count). The SMILES string of the molecule is Cc1cccnc1NC(=S)NC(=O)c1cc2ccccc2o1. The zero-order valence-corrected chi connectivity index (χ0v) is 12.6. The fourth-order valence-corrected chi connectivity index (χ4v) is 2.20. The molecule has 1 amide bonds. The first-order chi connectivity index (χ1) is 10.6. The van der Waals surface area contributed by atoms with Gasteiger partial charge in [0.15, 0.2) is 10.9 Å². The van der Waals surface area contributed by atoms with Crippen LogP contribution in [0.4, 0.5) is 5.82 Å². The molecule has 2 N–H and O–H groups in total. The predicted molar refractivity (Wildman–Crippen MR) is 88.9 cm³/mol. The fourth-order valence-electron chi connectivity index (χ4n) is 2.01. The molecule has 110 valence electrons. The van der Waals surface area contributed by atoms with Crippen molar-refractivity contribution in [3.05, 3.63) is 60.0 Å². The van der Waals surface area contributed by atoms with Crippen LogP contribution in [0.2, 0.25) is 0 Å². The van der Waals surface area contributed by atoms with Crippen LogP contribution in [-0.4, -0.2) is 16.0 Å². The average Bonchev–Trinajstić information content (AvgIpc) is 2.93. The number of anilines is 1. The Kier molecular flexibility index (Phi) is 3.84. The molecule has 6 heteroatoms. The van der Waals surface area contributed by atoms with Crippen molar-refractivity contribution in [3.63, 3.8) is 0 Å². The predicted octanol–water partition coefficient (Wildman–Crippen LogP) is 3.26. The Morgan fingerprint density at radius 2 is 2.05 bits per heavy atom. The number of fused-ring (bicyclic) bond motifs is 1. The molecule has 2 aromatic heterocycles. The van der Waals surface area contributed by atoms with E-state index in [1.54, 1.807) is 18.3 Å². The number of carbonyl (C=O) groups excluding carboxylic acids is 1. The minimum absolute atomic E-state index is 0.173. The fraction of sp³-hybridized carbons (Fsp3) is 0.0625. The summed E-state index contributed by atoms with van der Waals surface area (Å²) in [6, 6.07) is 12.8. The van der Waals surface area contributed by atoms with Crippen molar-refractivity contribution in [2.24, 2.45) is 0 Å². The Hall–Kier alpha value is -2.73. The third kappa shape index (κ3) is 2.96. The molecule has 0 aliphatic heterocycles. The van der Waals surface area contributed by atoms with Gasteiger partial charge in [0.1, 0.15) is 11.4 Å². The van der Waals surface area contributed by atoms with E-state index in [-0.39, 0.29) is 10.9 Å². The summed E-state index contributed by atoms with van der Waals surface area (Å²) in [5.41, 5.74) is 1.59. The second-order valence-corrected chi connectivity index (χ2v) is 5.13. The van der Waals surface area contributed by atoms with Crippen molar-refractivity contribution in [2.45, 2.75) is 6.92 Å². The van der Waals surface area contributed by atoms with E-state index in [1.165, 1.54) is 0 Å². The highest BCUT2D eigenvalue weighted by Gasteiger charge is 2.14. The Balaban J connectivity index is 1.71. The number of furan rings is 1. The van der Waals surface area contributed by atoms with Gasteiger partial charge in [0.05, 0.1) is 0 Å². The number of carbonyl (C=O) groups is 1. The van der Waals surface area contributed by atoms with Crippen LogP contribution in [0, 0.1) is 6.92 Å². The Morgan fingerprint density at radius 3 is 2.82 bits per heavy atom. The lowest BCUT2D eigenvalue weighted by Gasteiger charge is -2.09. The number of hydrogen-bond acceptors (Lipinski definition) is 4. The number of pyridine rings is 1. The van der Waals surface area contributed by atoms with E-state index >= 15 is 0 Å². The highest BCUT2D eigenvalue weighted by molar-refractivity contribution is 7.80. The zero-order valence-electron chi connectivity index (χ0n) is 11.8. The summed E-state index contributed by atoms with van der Waals surface area (Å²) in [6.45, 7) is 1.90. The summed E-state index contributed by atoms with van der Waals surface area (Å²) in [6.07, 6.45) is 1.65. The van der Waals surface area contributed by atoms with Gasteiger partial charge in [-0.15, -0.1) is 0 Å². The van der Waals surface area contributed by atoms with E-state index in [9.17, 15) is 4.79 Å². The second kappa shape index (κ2) is 5.95. The van der Waals surface area contributed by atoms with Crippen LogP contribution in [0.3, 0.4) is 0 Å². The Labute approximate surface area is 132 Å². The van der Waals surface area contributed by atoms with Gasteiger partial charge in [-0.25, -0.2) is 4.98 Å². The molecule has 0 aliphatic carbocycles. The smallest absolute Gasteiger partial charge is 0.293 e. The van der Waals surface area contributed by atoms with Crippen molar-refractivity contribution in [1.29, 1.82) is 0 Å². The number of benzene rings is 1. The van der Waals surface area contributed by atoms with Crippen molar-refractivity contribution in [3.8, 4) is 0 Å². The van der Waals surface area contributed by atoms with Gasteiger partial charge in [-0.05, 0) is 42.9 Å². The molecule has 0 aliphatic rings. The molecule has 0 spiro atoms. The van der Waals surface area contributed by atoms with E-state index in [4.69, 9.17) is 16.6 Å². The normalized spacial score (nSPS) is 10.4. The molecule has 0 atom stereocenters. The van der Waals surface area contributed by atoms with Crippen molar-refractivity contribution in [2.75, 3.05) is 5.32 Å². The average molecular weight is 311 g/mol. The molecule has 0 saturated carbocycles. The lowest BCUT2D eigenvalue weighted by atomic mass is 10.2. The summed E-state index contributed by atoms with van der Waals surface area (Å²) in [5, 5.41) is 6.51. The van der Waals surface area contributed by atoms with E-state index in [0.717, 1.165) is 10.9 Å². The number of aromatic nitrogens is 1. The largest absolute Gasteiger partial charge is 0.451 e. The number of nitrogens with one attached hydrogen (secondary N) is 2. The van der Waals surface area contributed by atoms with Crippen LogP contribution in [0.25, 0.3) is 11.0 Å². The summed E-state index contributed by atoms with van der Waals surface area (Å²) < 4.78 is 5.49. The number of thiocarbonyl (C=S) groups is 1. The molecule has 0 fully saturated rings. The van der Waals surface area contributed by atoms with Gasteiger partial charge in [-0.3, -0.25) is 10.1 Å². The second-order valence-electron chi connectivity index (χ2n) is 4.73. The monoisotopic (exact) mass is 311 g/mol. The van der Waals surface area contributed by atoms with Gasteiger partial charge >= 0.3 is 0 Å². The molecule has 0 saturated heterocycles. The number of nitrogens with zero attached hydrogens (tertiary/aromatic N) is 1. The number of aryl methyl sites for hydroxylation is 1. The highest BCUT2D eigenvalue weighted by Crippen LogP contribution is 2.18. The van der Waals surface area contributed by atoms with Crippen LogP contribution in [0.5, 0.6) is 0 Å². The standard InChI is InChI=1S/C16H13N3O2S/c1-10-5-4-8-17-14(10)18-16(22)19-15(20)13-9-11-6-2-3-7-12(11)21-13/h2-9H,1H3,(H2,17,18,19,20,22). The van der Waals surface area contributed by atoms with Crippen LogP contribution in [0.15, 0.2) is 53.1 Å². The quantitative estimate of drug-likeness (QED) is 0.711. The summed E-state index contributed by atoms with van der Waals surface area (Å²) in [5.74, 6) is 0.419. The van der Waals surface area contributed by atoms with Gasteiger partial charge in [0, 0.05) is 11.6 Å². The van der Waals surface area contributed by atoms with E-state index < -0.39 is 5.91 Å². The third-order valence-corrected chi connectivity index (χ3v) is 3.32. The van der Waals surface area contributed by atoms with E-state index in [0.29, 0.717) is 11.4 Å². The van der Waals surface area contributed by atoms with Crippen molar-refractivity contribution >= 4 is 40.0 Å². The Bertz CT molecular complexity index is 824. The van der Waals surface area contributed by atoms with Gasteiger partial charge in [-0.2, -0.15) is 0 Å². The minimum atomic E-state index is -0.401. The lowest BCUT2D eigenvalue weighted by Crippen LogP contribution is -2.34. The molecular formula is C16H13N3O2S. The first kappa shape index (κ1) is 14.2. The molecule has 5 nitrogen and oxygen atoms in total.